The van der Waals surface area contributed by atoms with E-state index in [1.165, 1.54) is 6.92 Å². The van der Waals surface area contributed by atoms with Crippen LogP contribution in [0.25, 0.3) is 10.9 Å². The Hall–Kier alpha value is -1.71. The molecule has 2 nitrogen and oxygen atoms in total. The first-order valence-electron chi connectivity index (χ1n) is 5.88. The van der Waals surface area contributed by atoms with Crippen LogP contribution >= 0.6 is 0 Å². The summed E-state index contributed by atoms with van der Waals surface area (Å²) >= 11 is 0. The van der Waals surface area contributed by atoms with Crippen LogP contribution < -0.4 is 5.73 Å². The number of hydrogen-bond donors (Lipinski definition) is 1. The molecule has 2 N–H and O–H groups in total. The van der Waals surface area contributed by atoms with Gasteiger partial charge < -0.3 is 5.73 Å². The fourth-order valence-corrected chi connectivity index (χ4v) is 2.38. The summed E-state index contributed by atoms with van der Waals surface area (Å²) in [5, 5.41) is 0.0989. The molecule has 4 heteroatoms. The molecule has 96 valence electrons. The molecule has 0 amide bonds. The molecule has 0 aliphatic heterocycles. The second kappa shape index (κ2) is 4.19. The quantitative estimate of drug-likeness (QED) is 0.835. The smallest absolute Gasteiger partial charge is 0.149 e. The number of aromatic nitrogens is 1. The number of hydrogen-bond acceptors (Lipinski definition) is 2. The zero-order valence-corrected chi connectivity index (χ0v) is 10.9. The molecule has 1 aromatic heterocycles. The zero-order valence-electron chi connectivity index (χ0n) is 10.9. The average molecular weight is 250 g/mol. The molecular weight excluding hydrogens is 234 g/mol. The molecule has 0 saturated heterocycles. The van der Waals surface area contributed by atoms with Gasteiger partial charge in [0.2, 0.25) is 0 Å². The van der Waals surface area contributed by atoms with Gasteiger partial charge in [0.15, 0.2) is 0 Å². The van der Waals surface area contributed by atoms with Crippen LogP contribution in [-0.4, -0.2) is 4.98 Å². The SMILES string of the molecule is Cc1cc(F)c2nc(C)c(C(C)C)c(N)c2c1F. The third kappa shape index (κ3) is 1.72. The standard InChI is InChI=1S/C14H16F2N2/c1-6(2)10-8(4)18-14-9(15)5-7(3)12(16)11(14)13(10)17/h5-6H,1-4H3,(H2,17,18). The van der Waals surface area contributed by atoms with Crippen molar-refractivity contribution in [2.24, 2.45) is 0 Å². The summed E-state index contributed by atoms with van der Waals surface area (Å²) in [7, 11) is 0. The van der Waals surface area contributed by atoms with E-state index in [2.05, 4.69) is 4.98 Å². The average Bonchev–Trinajstić information content (AvgIpc) is 2.25. The summed E-state index contributed by atoms with van der Waals surface area (Å²) in [5.41, 5.74) is 8.00. The van der Waals surface area contributed by atoms with Gasteiger partial charge in [-0.05, 0) is 37.0 Å². The summed E-state index contributed by atoms with van der Waals surface area (Å²) < 4.78 is 28.0. The Morgan fingerprint density at radius 3 is 2.39 bits per heavy atom. The van der Waals surface area contributed by atoms with Gasteiger partial charge in [0.25, 0.3) is 0 Å². The molecule has 1 heterocycles. The van der Waals surface area contributed by atoms with Crippen molar-refractivity contribution < 1.29 is 8.78 Å². The Balaban J connectivity index is 3.01. The highest BCUT2D eigenvalue weighted by Gasteiger charge is 2.19. The summed E-state index contributed by atoms with van der Waals surface area (Å²) in [6.07, 6.45) is 0. The normalized spacial score (nSPS) is 11.5. The first-order chi connectivity index (χ1) is 8.34. The van der Waals surface area contributed by atoms with E-state index in [4.69, 9.17) is 5.73 Å². The van der Waals surface area contributed by atoms with Crippen molar-refractivity contribution in [3.05, 3.63) is 34.5 Å². The van der Waals surface area contributed by atoms with Crippen molar-refractivity contribution in [1.29, 1.82) is 0 Å². The fraction of sp³-hybridized carbons (Fsp3) is 0.357. The summed E-state index contributed by atoms with van der Waals surface area (Å²) in [6.45, 7) is 7.20. The molecule has 0 fully saturated rings. The third-order valence-electron chi connectivity index (χ3n) is 3.18. The van der Waals surface area contributed by atoms with Gasteiger partial charge in [-0.3, -0.25) is 0 Å². The molecule has 0 saturated carbocycles. The number of anilines is 1. The number of nitrogen functional groups attached to an aromatic ring is 1. The number of halogens is 2. The van der Waals surface area contributed by atoms with Crippen LogP contribution in [0.5, 0.6) is 0 Å². The van der Waals surface area contributed by atoms with Crippen molar-refractivity contribution in [3.8, 4) is 0 Å². The number of fused-ring (bicyclic) bond motifs is 1. The number of pyridine rings is 1. The van der Waals surface area contributed by atoms with Gasteiger partial charge in [0, 0.05) is 11.4 Å². The number of benzene rings is 1. The monoisotopic (exact) mass is 250 g/mol. The van der Waals surface area contributed by atoms with Crippen LogP contribution in [0.15, 0.2) is 6.07 Å². The highest BCUT2D eigenvalue weighted by atomic mass is 19.1. The lowest BCUT2D eigenvalue weighted by Crippen LogP contribution is -2.06. The minimum absolute atomic E-state index is 0.0116. The molecule has 18 heavy (non-hydrogen) atoms. The van der Waals surface area contributed by atoms with Crippen LogP contribution in [0.4, 0.5) is 14.5 Å². The lowest BCUT2D eigenvalue weighted by molar-refractivity contribution is 0.607. The predicted octanol–water partition coefficient (Wildman–Crippen LogP) is 3.84. The third-order valence-corrected chi connectivity index (χ3v) is 3.18. The van der Waals surface area contributed by atoms with Gasteiger partial charge in [0.05, 0.1) is 5.39 Å². The van der Waals surface area contributed by atoms with Crippen molar-refractivity contribution in [1.82, 2.24) is 4.98 Å². The van der Waals surface area contributed by atoms with Crippen molar-refractivity contribution in [2.75, 3.05) is 5.73 Å². The number of rotatable bonds is 1. The topological polar surface area (TPSA) is 38.9 Å². The number of nitrogens with zero attached hydrogens (tertiary/aromatic N) is 1. The Morgan fingerprint density at radius 2 is 1.83 bits per heavy atom. The number of nitrogens with two attached hydrogens (primary N) is 1. The molecular formula is C14H16F2N2. The molecule has 2 rings (SSSR count). The van der Waals surface area contributed by atoms with E-state index in [1.807, 2.05) is 13.8 Å². The predicted molar refractivity (Wildman–Crippen MR) is 69.6 cm³/mol. The van der Waals surface area contributed by atoms with Crippen molar-refractivity contribution in [3.63, 3.8) is 0 Å². The molecule has 0 spiro atoms. The van der Waals surface area contributed by atoms with E-state index in [9.17, 15) is 8.78 Å². The van der Waals surface area contributed by atoms with E-state index >= 15 is 0 Å². The molecule has 0 unspecified atom stereocenters. The lowest BCUT2D eigenvalue weighted by Gasteiger charge is -2.16. The van der Waals surface area contributed by atoms with E-state index in [1.54, 1.807) is 6.92 Å². The number of aryl methyl sites for hydroxylation is 2. The molecule has 0 aliphatic carbocycles. The van der Waals surface area contributed by atoms with Crippen LogP contribution in [-0.2, 0) is 0 Å². The maximum atomic E-state index is 14.1. The van der Waals surface area contributed by atoms with Crippen LogP contribution in [0.1, 0.15) is 36.6 Å². The maximum absolute atomic E-state index is 14.1. The Bertz CT molecular complexity index is 634. The minimum Gasteiger partial charge on any atom is -0.398 e. The second-order valence-electron chi connectivity index (χ2n) is 4.89. The molecule has 2 aromatic rings. The van der Waals surface area contributed by atoms with Crippen LogP contribution in [0.2, 0.25) is 0 Å². The van der Waals surface area contributed by atoms with Gasteiger partial charge in [0.1, 0.15) is 17.2 Å². The van der Waals surface area contributed by atoms with E-state index in [0.717, 1.165) is 11.6 Å². The van der Waals surface area contributed by atoms with Crippen LogP contribution in [0, 0.1) is 25.5 Å². The van der Waals surface area contributed by atoms with Gasteiger partial charge in [-0.25, -0.2) is 13.8 Å². The van der Waals surface area contributed by atoms with Gasteiger partial charge in [-0.15, -0.1) is 0 Å². The molecule has 0 aliphatic rings. The molecule has 0 atom stereocenters. The summed E-state index contributed by atoms with van der Waals surface area (Å²) in [5.74, 6) is -0.905. The summed E-state index contributed by atoms with van der Waals surface area (Å²) in [4.78, 5) is 4.16. The van der Waals surface area contributed by atoms with E-state index in [0.29, 0.717) is 11.4 Å². The highest BCUT2D eigenvalue weighted by Crippen LogP contribution is 2.34. The second-order valence-corrected chi connectivity index (χ2v) is 4.89. The van der Waals surface area contributed by atoms with Gasteiger partial charge in [-0.2, -0.15) is 0 Å². The molecule has 1 aromatic carbocycles. The van der Waals surface area contributed by atoms with E-state index in [-0.39, 0.29) is 22.4 Å². The highest BCUT2D eigenvalue weighted by molar-refractivity contribution is 5.93. The van der Waals surface area contributed by atoms with E-state index < -0.39 is 11.6 Å². The van der Waals surface area contributed by atoms with Crippen LogP contribution in [0.3, 0.4) is 0 Å². The van der Waals surface area contributed by atoms with Gasteiger partial charge in [-0.1, -0.05) is 13.8 Å². The van der Waals surface area contributed by atoms with Crippen molar-refractivity contribution >= 4 is 16.6 Å². The Morgan fingerprint density at radius 1 is 1.22 bits per heavy atom. The lowest BCUT2D eigenvalue weighted by atomic mass is 9.96. The Labute approximate surface area is 105 Å². The van der Waals surface area contributed by atoms with Crippen molar-refractivity contribution in [2.45, 2.75) is 33.6 Å². The molecule has 0 radical (unpaired) electrons. The maximum Gasteiger partial charge on any atom is 0.149 e. The van der Waals surface area contributed by atoms with Gasteiger partial charge >= 0.3 is 0 Å². The first kappa shape index (κ1) is 12.7. The summed E-state index contributed by atoms with van der Waals surface area (Å²) in [6, 6.07) is 1.15. The first-order valence-corrected chi connectivity index (χ1v) is 5.88. The molecule has 0 bridgehead atoms. The zero-order chi connectivity index (χ0) is 13.6. The fourth-order valence-electron chi connectivity index (χ4n) is 2.38. The minimum atomic E-state index is -0.533. The Kier molecular flexibility index (Phi) is 2.97. The largest absolute Gasteiger partial charge is 0.398 e.